The molecule has 0 saturated carbocycles. The average molecular weight is 284 g/mol. The van der Waals surface area contributed by atoms with Crippen molar-refractivity contribution in [3.63, 3.8) is 0 Å². The summed E-state index contributed by atoms with van der Waals surface area (Å²) in [5, 5.41) is 5.26. The van der Waals surface area contributed by atoms with Crippen molar-refractivity contribution >= 4 is 17.8 Å². The minimum Gasteiger partial charge on any atom is -0.458 e. The van der Waals surface area contributed by atoms with Crippen molar-refractivity contribution in [3.8, 4) is 0 Å². The van der Waals surface area contributed by atoms with Crippen LogP contribution in [0.15, 0.2) is 0 Å². The van der Waals surface area contributed by atoms with Crippen molar-refractivity contribution in [1.82, 2.24) is 10.6 Å². The van der Waals surface area contributed by atoms with Gasteiger partial charge in [-0.1, -0.05) is 13.8 Å². The Morgan fingerprint density at radius 2 is 1.95 bits per heavy atom. The zero-order chi connectivity index (χ0) is 15.5. The van der Waals surface area contributed by atoms with Crippen molar-refractivity contribution < 1.29 is 19.1 Å². The predicted molar refractivity (Wildman–Crippen MR) is 73.8 cm³/mol. The molecule has 0 bridgehead atoms. The number of rotatable bonds is 4. The van der Waals surface area contributed by atoms with Crippen LogP contribution >= 0.6 is 0 Å². The van der Waals surface area contributed by atoms with Crippen molar-refractivity contribution in [2.75, 3.05) is 0 Å². The number of carbonyl (C=O) groups excluding carboxylic acids is 3. The van der Waals surface area contributed by atoms with Crippen LogP contribution < -0.4 is 10.6 Å². The molecule has 1 aliphatic rings. The first-order valence-corrected chi connectivity index (χ1v) is 6.93. The molecule has 0 aromatic carbocycles. The third-order valence-electron chi connectivity index (χ3n) is 2.94. The normalized spacial score (nSPS) is 20.5. The molecule has 1 fully saturated rings. The fourth-order valence-electron chi connectivity index (χ4n) is 1.93. The van der Waals surface area contributed by atoms with Crippen molar-refractivity contribution in [2.45, 2.75) is 65.1 Å². The lowest BCUT2D eigenvalue weighted by atomic mass is 10.0. The van der Waals surface area contributed by atoms with Crippen LogP contribution in [0.4, 0.5) is 0 Å². The van der Waals surface area contributed by atoms with E-state index in [1.807, 2.05) is 13.8 Å². The summed E-state index contributed by atoms with van der Waals surface area (Å²) in [5.74, 6) is -1.01. The molecule has 6 heteroatoms. The Morgan fingerprint density at radius 3 is 2.35 bits per heavy atom. The van der Waals surface area contributed by atoms with Gasteiger partial charge in [-0.05, 0) is 33.1 Å². The third kappa shape index (κ3) is 4.83. The molecule has 6 nitrogen and oxygen atoms in total. The van der Waals surface area contributed by atoms with Gasteiger partial charge < -0.3 is 15.4 Å². The quantitative estimate of drug-likeness (QED) is 0.746. The van der Waals surface area contributed by atoms with Gasteiger partial charge in [-0.2, -0.15) is 0 Å². The van der Waals surface area contributed by atoms with Gasteiger partial charge in [0.15, 0.2) is 0 Å². The number of carbonyl (C=O) groups is 3. The van der Waals surface area contributed by atoms with Gasteiger partial charge in [0.1, 0.15) is 17.7 Å². The molecular formula is C14H24N2O4. The SMILES string of the molecule is CC(C)[C@H](NC(=O)[C@@H]1CCC(=O)N1)C(=O)OC(C)(C)C. The van der Waals surface area contributed by atoms with Crippen molar-refractivity contribution in [2.24, 2.45) is 5.92 Å². The summed E-state index contributed by atoms with van der Waals surface area (Å²) < 4.78 is 5.30. The van der Waals surface area contributed by atoms with Gasteiger partial charge in [-0.3, -0.25) is 9.59 Å². The fraction of sp³-hybridized carbons (Fsp3) is 0.786. The molecule has 0 spiro atoms. The minimum atomic E-state index is -0.709. The maximum Gasteiger partial charge on any atom is 0.329 e. The highest BCUT2D eigenvalue weighted by Crippen LogP contribution is 2.13. The molecule has 2 N–H and O–H groups in total. The van der Waals surface area contributed by atoms with Crippen LogP contribution in [0.2, 0.25) is 0 Å². The number of hydrogen-bond acceptors (Lipinski definition) is 4. The highest BCUT2D eigenvalue weighted by molar-refractivity contribution is 5.93. The zero-order valence-electron chi connectivity index (χ0n) is 12.8. The van der Waals surface area contributed by atoms with Crippen LogP contribution in [-0.2, 0) is 19.1 Å². The number of esters is 1. The number of amides is 2. The first-order chi connectivity index (χ1) is 9.10. The molecule has 0 aromatic rings. The number of hydrogen-bond donors (Lipinski definition) is 2. The molecule has 114 valence electrons. The topological polar surface area (TPSA) is 84.5 Å². The molecule has 0 radical (unpaired) electrons. The molecule has 1 aliphatic heterocycles. The standard InChI is InChI=1S/C14H24N2O4/c1-8(2)11(13(19)20-14(3,4)5)16-12(18)9-6-7-10(17)15-9/h8-9,11H,6-7H2,1-5H3,(H,15,17)(H,16,18)/t9-,11-/m0/s1. The van der Waals surface area contributed by atoms with E-state index in [1.54, 1.807) is 20.8 Å². The van der Waals surface area contributed by atoms with E-state index in [4.69, 9.17) is 4.74 Å². The predicted octanol–water partition coefficient (Wildman–Crippen LogP) is 0.747. The summed E-state index contributed by atoms with van der Waals surface area (Å²) in [6.07, 6.45) is 0.806. The van der Waals surface area contributed by atoms with E-state index in [0.29, 0.717) is 12.8 Å². The maximum atomic E-state index is 12.1. The molecule has 0 unspecified atom stereocenters. The van der Waals surface area contributed by atoms with Crippen LogP contribution in [0.1, 0.15) is 47.5 Å². The molecule has 2 amide bonds. The van der Waals surface area contributed by atoms with Gasteiger partial charge >= 0.3 is 5.97 Å². The Balaban J connectivity index is 2.65. The lowest BCUT2D eigenvalue weighted by Crippen LogP contribution is -2.52. The monoisotopic (exact) mass is 284 g/mol. The lowest BCUT2D eigenvalue weighted by Gasteiger charge is -2.27. The molecule has 1 rings (SSSR count). The summed E-state index contributed by atoms with van der Waals surface area (Å²) in [4.78, 5) is 35.2. The van der Waals surface area contributed by atoms with E-state index in [9.17, 15) is 14.4 Å². The summed E-state index contributed by atoms with van der Waals surface area (Å²) in [6, 6.07) is -1.26. The van der Waals surface area contributed by atoms with Crippen LogP contribution in [-0.4, -0.2) is 35.5 Å². The number of nitrogens with one attached hydrogen (secondary N) is 2. The van der Waals surface area contributed by atoms with E-state index in [1.165, 1.54) is 0 Å². The zero-order valence-corrected chi connectivity index (χ0v) is 12.8. The average Bonchev–Trinajstić information content (AvgIpc) is 2.69. The Bertz CT molecular complexity index is 398. The summed E-state index contributed by atoms with van der Waals surface area (Å²) in [5.41, 5.74) is -0.601. The van der Waals surface area contributed by atoms with Crippen LogP contribution in [0.3, 0.4) is 0 Å². The molecule has 20 heavy (non-hydrogen) atoms. The van der Waals surface area contributed by atoms with Gasteiger partial charge in [0.25, 0.3) is 0 Å². The first kappa shape index (κ1) is 16.5. The molecular weight excluding hydrogens is 260 g/mol. The lowest BCUT2D eigenvalue weighted by molar-refractivity contribution is -0.160. The Labute approximate surface area is 119 Å². The first-order valence-electron chi connectivity index (χ1n) is 6.93. The van der Waals surface area contributed by atoms with Crippen molar-refractivity contribution in [3.05, 3.63) is 0 Å². The maximum absolute atomic E-state index is 12.1. The largest absolute Gasteiger partial charge is 0.458 e. The van der Waals surface area contributed by atoms with E-state index in [-0.39, 0.29) is 17.7 Å². The van der Waals surface area contributed by atoms with E-state index >= 15 is 0 Å². The third-order valence-corrected chi connectivity index (χ3v) is 2.94. The Hall–Kier alpha value is -1.59. The summed E-state index contributed by atoms with van der Waals surface area (Å²) in [6.45, 7) is 9.01. The highest BCUT2D eigenvalue weighted by atomic mass is 16.6. The van der Waals surface area contributed by atoms with Gasteiger partial charge in [-0.15, -0.1) is 0 Å². The van der Waals surface area contributed by atoms with E-state index in [2.05, 4.69) is 10.6 Å². The number of ether oxygens (including phenoxy) is 1. The fourth-order valence-corrected chi connectivity index (χ4v) is 1.93. The summed E-state index contributed by atoms with van der Waals surface area (Å²) in [7, 11) is 0. The minimum absolute atomic E-state index is 0.0918. The van der Waals surface area contributed by atoms with Gasteiger partial charge in [0.05, 0.1) is 0 Å². The van der Waals surface area contributed by atoms with Crippen molar-refractivity contribution in [1.29, 1.82) is 0 Å². The molecule has 1 saturated heterocycles. The smallest absolute Gasteiger partial charge is 0.329 e. The van der Waals surface area contributed by atoms with E-state index in [0.717, 1.165) is 0 Å². The summed E-state index contributed by atoms with van der Waals surface area (Å²) >= 11 is 0. The van der Waals surface area contributed by atoms with Gasteiger partial charge in [0.2, 0.25) is 11.8 Å². The second kappa shape index (κ2) is 6.24. The highest BCUT2D eigenvalue weighted by Gasteiger charge is 2.33. The van der Waals surface area contributed by atoms with Gasteiger partial charge in [0, 0.05) is 6.42 Å². The second-order valence-corrected chi connectivity index (χ2v) is 6.42. The van der Waals surface area contributed by atoms with Crippen LogP contribution in [0.5, 0.6) is 0 Å². The Morgan fingerprint density at radius 1 is 1.35 bits per heavy atom. The Kier molecular flexibility index (Phi) is 5.14. The van der Waals surface area contributed by atoms with Crippen LogP contribution in [0.25, 0.3) is 0 Å². The van der Waals surface area contributed by atoms with Crippen LogP contribution in [0, 0.1) is 5.92 Å². The molecule has 0 aromatic heterocycles. The van der Waals surface area contributed by atoms with Gasteiger partial charge in [-0.25, -0.2) is 4.79 Å². The molecule has 2 atom stereocenters. The second-order valence-electron chi connectivity index (χ2n) is 6.42. The molecule has 1 heterocycles. The molecule has 0 aliphatic carbocycles. The van der Waals surface area contributed by atoms with E-state index < -0.39 is 23.7 Å².